The summed E-state index contributed by atoms with van der Waals surface area (Å²) in [6, 6.07) is 5.49. The molecule has 0 saturated carbocycles. The van der Waals surface area contributed by atoms with Crippen LogP contribution in [-0.2, 0) is 15.0 Å². The van der Waals surface area contributed by atoms with Gasteiger partial charge in [0.05, 0.1) is 0 Å². The molecule has 0 atom stereocenters. The van der Waals surface area contributed by atoms with Gasteiger partial charge in [-0.2, -0.15) is 12.7 Å². The van der Waals surface area contributed by atoms with E-state index in [0.29, 0.717) is 0 Å². The van der Waals surface area contributed by atoms with Crippen molar-refractivity contribution in [1.82, 2.24) is 9.21 Å². The highest BCUT2D eigenvalue weighted by Crippen LogP contribution is 2.22. The van der Waals surface area contributed by atoms with Crippen LogP contribution in [0.4, 0.5) is 4.79 Å². The summed E-state index contributed by atoms with van der Waals surface area (Å²) in [7, 11) is -4.19. The molecule has 0 bridgehead atoms. The number of carbonyl (C=O) groups is 2. The van der Waals surface area contributed by atoms with Crippen molar-refractivity contribution < 1.29 is 32.0 Å². The Kier molecular flexibility index (Phi) is 5.77. The molecule has 9 nitrogen and oxygen atoms in total. The molecule has 1 fully saturated rings. The van der Waals surface area contributed by atoms with Gasteiger partial charge in [0, 0.05) is 26.2 Å². The number of hydrogen-bond acceptors (Lipinski definition) is 6. The Morgan fingerprint density at radius 1 is 1.08 bits per heavy atom. The molecule has 0 aromatic heterocycles. The van der Waals surface area contributed by atoms with E-state index >= 15 is 0 Å². The number of benzene rings is 1. The predicted octanol–water partition coefficient (Wildman–Crippen LogP) is 1.56. The van der Waals surface area contributed by atoms with Gasteiger partial charge < -0.3 is 18.9 Å². The maximum Gasteiger partial charge on any atom is 0.410 e. The molecule has 1 aromatic carbocycles. The Morgan fingerprint density at radius 3 is 2.19 bits per heavy atom. The normalized spacial score (nSPS) is 16.2. The monoisotopic (exact) mass is 386 g/mol. The topological polar surface area (TPSA) is 113 Å². The Balaban J connectivity index is 2.02. The van der Waals surface area contributed by atoms with E-state index in [9.17, 15) is 18.0 Å². The van der Waals surface area contributed by atoms with Gasteiger partial charge in [0.1, 0.15) is 11.2 Å². The first-order chi connectivity index (χ1) is 12.0. The molecule has 1 aliphatic rings. The standard InChI is InChI=1S/C16H22N2O7S/c1-16(2,3)24-15(21)17-8-10-18(11-9-17)26(22,23)25-13-7-5-4-6-12(13)14(19)20/h4-7H,8-11H2,1-3H3,(H,19,20). The van der Waals surface area contributed by atoms with Crippen LogP contribution in [0.25, 0.3) is 0 Å². The molecular weight excluding hydrogens is 364 g/mol. The molecule has 26 heavy (non-hydrogen) atoms. The van der Waals surface area contributed by atoms with E-state index < -0.39 is 28.0 Å². The van der Waals surface area contributed by atoms with Gasteiger partial charge in [-0.1, -0.05) is 12.1 Å². The number of rotatable bonds is 4. The third kappa shape index (κ3) is 5.09. The first-order valence-corrected chi connectivity index (χ1v) is 9.36. The first kappa shape index (κ1) is 20.0. The third-order valence-electron chi connectivity index (χ3n) is 3.52. The number of para-hydroxylation sites is 1. The number of nitrogens with zero attached hydrogens (tertiary/aromatic N) is 2. The van der Waals surface area contributed by atoms with Crippen LogP contribution in [0.5, 0.6) is 5.75 Å². The molecule has 2 rings (SSSR count). The van der Waals surface area contributed by atoms with Gasteiger partial charge in [-0.15, -0.1) is 0 Å². The largest absolute Gasteiger partial charge is 0.478 e. The van der Waals surface area contributed by atoms with Crippen molar-refractivity contribution in [3.63, 3.8) is 0 Å². The first-order valence-electron chi connectivity index (χ1n) is 7.99. The Bertz CT molecular complexity index is 778. The second-order valence-corrected chi connectivity index (χ2v) is 8.25. The van der Waals surface area contributed by atoms with Crippen molar-refractivity contribution in [1.29, 1.82) is 0 Å². The van der Waals surface area contributed by atoms with Crippen molar-refractivity contribution >= 4 is 22.4 Å². The third-order valence-corrected chi connectivity index (χ3v) is 4.91. The van der Waals surface area contributed by atoms with Crippen molar-refractivity contribution in [3.05, 3.63) is 29.8 Å². The average Bonchev–Trinajstić information content (AvgIpc) is 2.53. The molecular formula is C16H22N2O7S. The summed E-state index contributed by atoms with van der Waals surface area (Å²) in [4.78, 5) is 24.6. The van der Waals surface area contributed by atoms with Gasteiger partial charge in [0.25, 0.3) is 0 Å². The number of aromatic carboxylic acids is 1. The minimum atomic E-state index is -4.19. The zero-order valence-electron chi connectivity index (χ0n) is 14.8. The lowest BCUT2D eigenvalue weighted by Crippen LogP contribution is -2.52. The van der Waals surface area contributed by atoms with Gasteiger partial charge in [0.2, 0.25) is 0 Å². The molecule has 10 heteroatoms. The van der Waals surface area contributed by atoms with Crippen LogP contribution >= 0.6 is 0 Å². The minimum Gasteiger partial charge on any atom is -0.478 e. The summed E-state index contributed by atoms with van der Waals surface area (Å²) in [5.41, 5.74) is -0.882. The molecule has 0 aliphatic carbocycles. The summed E-state index contributed by atoms with van der Waals surface area (Å²) < 4.78 is 36.1. The van der Waals surface area contributed by atoms with Crippen molar-refractivity contribution in [2.24, 2.45) is 0 Å². The molecule has 1 aromatic rings. The van der Waals surface area contributed by atoms with Crippen molar-refractivity contribution in [2.45, 2.75) is 26.4 Å². The summed E-state index contributed by atoms with van der Waals surface area (Å²) in [6.07, 6.45) is -0.508. The van der Waals surface area contributed by atoms with Gasteiger partial charge >= 0.3 is 22.4 Å². The number of hydrogen-bond donors (Lipinski definition) is 1. The summed E-state index contributed by atoms with van der Waals surface area (Å²) in [5.74, 6) is -1.54. The van der Waals surface area contributed by atoms with Gasteiger partial charge in [-0.3, -0.25) is 0 Å². The minimum absolute atomic E-state index is 0.0246. The lowest BCUT2D eigenvalue weighted by atomic mass is 10.2. The van der Waals surface area contributed by atoms with Crippen LogP contribution in [0.15, 0.2) is 24.3 Å². The second kappa shape index (κ2) is 7.50. The Hall–Kier alpha value is -2.33. The highest BCUT2D eigenvalue weighted by atomic mass is 32.2. The van der Waals surface area contributed by atoms with Crippen molar-refractivity contribution in [2.75, 3.05) is 26.2 Å². The van der Waals surface area contributed by atoms with E-state index in [2.05, 4.69) is 0 Å². The average molecular weight is 386 g/mol. The number of amides is 1. The number of ether oxygens (including phenoxy) is 1. The molecule has 0 spiro atoms. The van der Waals surface area contributed by atoms with E-state index in [1.54, 1.807) is 20.8 Å². The van der Waals surface area contributed by atoms with Gasteiger partial charge in [-0.05, 0) is 32.9 Å². The maximum absolute atomic E-state index is 12.4. The molecule has 1 saturated heterocycles. The quantitative estimate of drug-likeness (QED) is 0.835. The summed E-state index contributed by atoms with van der Waals surface area (Å²) in [5, 5.41) is 9.11. The molecule has 0 radical (unpaired) electrons. The number of carbonyl (C=O) groups excluding carboxylic acids is 1. The van der Waals surface area contributed by atoms with E-state index in [4.69, 9.17) is 14.0 Å². The van der Waals surface area contributed by atoms with E-state index in [1.165, 1.54) is 29.2 Å². The summed E-state index contributed by atoms with van der Waals surface area (Å²) >= 11 is 0. The highest BCUT2D eigenvalue weighted by molar-refractivity contribution is 7.84. The summed E-state index contributed by atoms with van der Waals surface area (Å²) in [6.45, 7) is 5.60. The fourth-order valence-corrected chi connectivity index (χ4v) is 3.39. The molecule has 144 valence electrons. The zero-order chi connectivity index (χ0) is 19.5. The Morgan fingerprint density at radius 2 is 1.65 bits per heavy atom. The van der Waals surface area contributed by atoms with Crippen LogP contribution in [0.1, 0.15) is 31.1 Å². The predicted molar refractivity (Wildman–Crippen MR) is 92.3 cm³/mol. The zero-order valence-corrected chi connectivity index (χ0v) is 15.7. The molecule has 1 amide bonds. The van der Waals surface area contributed by atoms with E-state index in [-0.39, 0.29) is 37.5 Å². The smallest absolute Gasteiger partial charge is 0.410 e. The molecule has 1 aliphatic heterocycles. The molecule has 1 N–H and O–H groups in total. The second-order valence-electron chi connectivity index (χ2n) is 6.71. The number of carboxylic acids is 1. The van der Waals surface area contributed by atoms with E-state index in [1.807, 2.05) is 0 Å². The molecule has 0 unspecified atom stereocenters. The van der Waals surface area contributed by atoms with Crippen LogP contribution in [0, 0.1) is 0 Å². The van der Waals surface area contributed by atoms with E-state index in [0.717, 1.165) is 4.31 Å². The van der Waals surface area contributed by atoms with Crippen LogP contribution in [0.3, 0.4) is 0 Å². The number of carboxylic acid groups (broad SMARTS) is 1. The molecule has 1 heterocycles. The van der Waals surface area contributed by atoms with Crippen LogP contribution in [-0.4, -0.2) is 66.6 Å². The SMILES string of the molecule is CC(C)(C)OC(=O)N1CCN(S(=O)(=O)Oc2ccccc2C(=O)O)CC1. The van der Waals surface area contributed by atoms with Crippen LogP contribution < -0.4 is 4.18 Å². The highest BCUT2D eigenvalue weighted by Gasteiger charge is 2.32. The fraction of sp³-hybridized carbons (Fsp3) is 0.500. The fourth-order valence-electron chi connectivity index (χ4n) is 2.30. The maximum atomic E-state index is 12.4. The van der Waals surface area contributed by atoms with Gasteiger partial charge in [0.15, 0.2) is 5.75 Å². The Labute approximate surface area is 152 Å². The lowest BCUT2D eigenvalue weighted by Gasteiger charge is -2.34. The lowest BCUT2D eigenvalue weighted by molar-refractivity contribution is 0.0188. The van der Waals surface area contributed by atoms with Gasteiger partial charge in [-0.25, -0.2) is 9.59 Å². The number of piperazine rings is 1. The van der Waals surface area contributed by atoms with Crippen LogP contribution in [0.2, 0.25) is 0 Å². The van der Waals surface area contributed by atoms with Crippen molar-refractivity contribution in [3.8, 4) is 5.75 Å².